The Morgan fingerprint density at radius 2 is 1.64 bits per heavy atom. The average molecular weight is 544 g/mol. The summed E-state index contributed by atoms with van der Waals surface area (Å²) in [6.45, 7) is 7.10. The van der Waals surface area contributed by atoms with Gasteiger partial charge in [-0.2, -0.15) is 0 Å². The SMILES string of the molecule is CCC(=O)N1CC(c2ccccc2)[C@@H](CN2CCC3(CC2)CCN(Cc2ccc(OC(F)(F)F)cc2)C3=O)C1. The van der Waals surface area contributed by atoms with Crippen LogP contribution in [0.1, 0.15) is 49.7 Å². The summed E-state index contributed by atoms with van der Waals surface area (Å²) in [5, 5.41) is 0. The predicted molar refractivity (Wildman–Crippen MR) is 141 cm³/mol. The minimum atomic E-state index is -4.72. The Hall–Kier alpha value is -3.07. The fraction of sp³-hybridized carbons (Fsp3) is 0.533. The maximum Gasteiger partial charge on any atom is 0.573 e. The molecule has 0 radical (unpaired) electrons. The molecule has 1 unspecified atom stereocenters. The van der Waals surface area contributed by atoms with Crippen LogP contribution in [0.25, 0.3) is 0 Å². The molecule has 2 atom stereocenters. The summed E-state index contributed by atoms with van der Waals surface area (Å²) in [4.78, 5) is 32.3. The molecule has 3 aliphatic rings. The molecule has 0 saturated carbocycles. The number of alkyl halides is 3. The highest BCUT2D eigenvalue weighted by molar-refractivity contribution is 5.85. The fourth-order valence-corrected chi connectivity index (χ4v) is 6.58. The van der Waals surface area contributed by atoms with Gasteiger partial charge in [-0.05, 0) is 61.5 Å². The van der Waals surface area contributed by atoms with Gasteiger partial charge in [0.2, 0.25) is 11.8 Å². The highest BCUT2D eigenvalue weighted by Gasteiger charge is 2.48. The zero-order valence-electron chi connectivity index (χ0n) is 22.3. The van der Waals surface area contributed by atoms with Gasteiger partial charge in [0, 0.05) is 45.1 Å². The number of halogens is 3. The molecular weight excluding hydrogens is 507 g/mol. The van der Waals surface area contributed by atoms with Gasteiger partial charge in [-0.25, -0.2) is 0 Å². The van der Waals surface area contributed by atoms with E-state index >= 15 is 0 Å². The van der Waals surface area contributed by atoms with Crippen LogP contribution < -0.4 is 4.74 Å². The molecule has 3 aliphatic heterocycles. The van der Waals surface area contributed by atoms with E-state index in [1.54, 1.807) is 12.1 Å². The number of hydrogen-bond donors (Lipinski definition) is 0. The molecule has 39 heavy (non-hydrogen) atoms. The lowest BCUT2D eigenvalue weighted by atomic mass is 9.76. The monoisotopic (exact) mass is 543 g/mol. The third-order valence-electron chi connectivity index (χ3n) is 8.76. The first kappa shape index (κ1) is 27.5. The molecule has 3 fully saturated rings. The highest BCUT2D eigenvalue weighted by atomic mass is 19.4. The van der Waals surface area contributed by atoms with Crippen LogP contribution in [0, 0.1) is 11.3 Å². The van der Waals surface area contributed by atoms with Crippen LogP contribution in [-0.2, 0) is 16.1 Å². The summed E-state index contributed by atoms with van der Waals surface area (Å²) < 4.78 is 41.2. The second-order valence-corrected chi connectivity index (χ2v) is 11.2. The van der Waals surface area contributed by atoms with Crippen molar-refractivity contribution in [2.75, 3.05) is 39.3 Å². The van der Waals surface area contributed by atoms with Crippen molar-refractivity contribution in [1.82, 2.24) is 14.7 Å². The molecule has 0 bridgehead atoms. The maximum absolute atomic E-state index is 13.5. The summed E-state index contributed by atoms with van der Waals surface area (Å²) in [5.41, 5.74) is 1.71. The Labute approximate surface area is 227 Å². The topological polar surface area (TPSA) is 53.1 Å². The Bertz CT molecular complexity index is 1150. The van der Waals surface area contributed by atoms with E-state index in [1.165, 1.54) is 17.7 Å². The lowest BCUT2D eigenvalue weighted by molar-refractivity contribution is -0.274. The number of piperidine rings is 1. The van der Waals surface area contributed by atoms with Crippen molar-refractivity contribution in [3.05, 3.63) is 65.7 Å². The number of hydrogen-bond acceptors (Lipinski definition) is 4. The first-order valence-electron chi connectivity index (χ1n) is 13.8. The predicted octanol–water partition coefficient (Wildman–Crippen LogP) is 5.05. The Morgan fingerprint density at radius 1 is 0.974 bits per heavy atom. The number of carbonyl (C=O) groups excluding carboxylic acids is 2. The smallest absolute Gasteiger partial charge is 0.406 e. The Kier molecular flexibility index (Phi) is 7.89. The van der Waals surface area contributed by atoms with Gasteiger partial charge in [-0.3, -0.25) is 9.59 Å². The van der Waals surface area contributed by atoms with Crippen molar-refractivity contribution < 1.29 is 27.5 Å². The lowest BCUT2D eigenvalue weighted by Crippen LogP contribution is -2.46. The van der Waals surface area contributed by atoms with Crippen LogP contribution in [-0.4, -0.2) is 72.1 Å². The first-order chi connectivity index (χ1) is 18.7. The molecule has 2 aromatic carbocycles. The minimum Gasteiger partial charge on any atom is -0.406 e. The zero-order chi connectivity index (χ0) is 27.6. The van der Waals surface area contributed by atoms with E-state index in [9.17, 15) is 22.8 Å². The fourth-order valence-electron chi connectivity index (χ4n) is 6.58. The van der Waals surface area contributed by atoms with E-state index < -0.39 is 6.36 Å². The van der Waals surface area contributed by atoms with Crippen molar-refractivity contribution in [2.24, 2.45) is 11.3 Å². The molecular formula is C30H36F3N3O3. The van der Waals surface area contributed by atoms with Gasteiger partial charge in [0.05, 0.1) is 5.41 Å². The average Bonchev–Trinajstić information content (AvgIpc) is 3.47. The van der Waals surface area contributed by atoms with E-state index in [-0.39, 0.29) is 23.0 Å². The normalized spacial score (nSPS) is 23.5. The molecule has 0 N–H and O–H groups in total. The van der Waals surface area contributed by atoms with Gasteiger partial charge in [-0.1, -0.05) is 49.4 Å². The molecule has 0 aromatic heterocycles. The van der Waals surface area contributed by atoms with Crippen LogP contribution in [0.5, 0.6) is 5.75 Å². The minimum absolute atomic E-state index is 0.153. The van der Waals surface area contributed by atoms with Gasteiger partial charge >= 0.3 is 6.36 Å². The van der Waals surface area contributed by atoms with Crippen molar-refractivity contribution >= 4 is 11.8 Å². The third-order valence-corrected chi connectivity index (χ3v) is 8.76. The quantitative estimate of drug-likeness (QED) is 0.491. The number of carbonyl (C=O) groups is 2. The number of rotatable bonds is 7. The number of amides is 2. The maximum atomic E-state index is 13.5. The summed E-state index contributed by atoms with van der Waals surface area (Å²) in [6.07, 6.45) is -1.78. The van der Waals surface area contributed by atoms with Crippen molar-refractivity contribution in [3.63, 3.8) is 0 Å². The molecule has 6 nitrogen and oxygen atoms in total. The standard InChI is InChI=1S/C30H36F3N3O3/c1-2-27(37)36-20-24(26(21-36)23-6-4-3-5-7-23)19-34-15-12-29(13-16-34)14-17-35(28(29)38)18-22-8-10-25(11-9-22)39-30(31,32)33/h3-11,24,26H,2,12-21H2,1H3/t24-,26?/m0/s1. The second-order valence-electron chi connectivity index (χ2n) is 11.2. The van der Waals surface area contributed by atoms with Crippen molar-refractivity contribution in [2.45, 2.75) is 51.4 Å². The molecule has 3 saturated heterocycles. The number of ether oxygens (including phenoxy) is 1. The van der Waals surface area contributed by atoms with E-state index in [1.807, 2.05) is 22.8 Å². The molecule has 9 heteroatoms. The third kappa shape index (κ3) is 6.24. The van der Waals surface area contributed by atoms with Gasteiger partial charge < -0.3 is 19.4 Å². The van der Waals surface area contributed by atoms with Crippen molar-refractivity contribution in [1.29, 1.82) is 0 Å². The Balaban J connectivity index is 1.17. The van der Waals surface area contributed by atoms with Gasteiger partial charge in [-0.15, -0.1) is 13.2 Å². The van der Waals surface area contributed by atoms with Crippen molar-refractivity contribution in [3.8, 4) is 5.75 Å². The zero-order valence-corrected chi connectivity index (χ0v) is 22.3. The molecule has 1 spiro atoms. The summed E-state index contributed by atoms with van der Waals surface area (Å²) >= 11 is 0. The molecule has 2 aromatic rings. The van der Waals surface area contributed by atoms with Gasteiger partial charge in [0.15, 0.2) is 0 Å². The lowest BCUT2D eigenvalue weighted by Gasteiger charge is -2.39. The van der Waals surface area contributed by atoms with E-state index in [0.717, 1.165) is 57.5 Å². The summed E-state index contributed by atoms with van der Waals surface area (Å²) in [7, 11) is 0. The van der Waals surface area contributed by atoms with E-state index in [4.69, 9.17) is 0 Å². The second kappa shape index (κ2) is 11.2. The summed E-state index contributed by atoms with van der Waals surface area (Å²) in [5.74, 6) is 0.767. The van der Waals surface area contributed by atoms with E-state index in [0.29, 0.717) is 31.3 Å². The Morgan fingerprint density at radius 3 is 2.28 bits per heavy atom. The highest BCUT2D eigenvalue weighted by Crippen LogP contribution is 2.43. The largest absolute Gasteiger partial charge is 0.573 e. The van der Waals surface area contributed by atoms with Crippen LogP contribution in [0.2, 0.25) is 0 Å². The molecule has 210 valence electrons. The molecule has 3 heterocycles. The van der Waals surface area contributed by atoms with Crippen LogP contribution >= 0.6 is 0 Å². The summed E-state index contributed by atoms with van der Waals surface area (Å²) in [6, 6.07) is 16.2. The molecule has 5 rings (SSSR count). The molecule has 2 amide bonds. The van der Waals surface area contributed by atoms with Gasteiger partial charge in [0.1, 0.15) is 5.75 Å². The van der Waals surface area contributed by atoms with Gasteiger partial charge in [0.25, 0.3) is 0 Å². The number of nitrogens with zero attached hydrogens (tertiary/aromatic N) is 3. The first-order valence-corrected chi connectivity index (χ1v) is 13.8. The van der Waals surface area contributed by atoms with E-state index in [2.05, 4.69) is 33.9 Å². The van der Waals surface area contributed by atoms with Crippen LogP contribution in [0.3, 0.4) is 0 Å². The van der Waals surface area contributed by atoms with Crippen LogP contribution in [0.4, 0.5) is 13.2 Å². The number of likely N-dealkylation sites (tertiary alicyclic amines) is 3. The number of benzene rings is 2. The van der Waals surface area contributed by atoms with Crippen LogP contribution in [0.15, 0.2) is 54.6 Å². The molecule has 0 aliphatic carbocycles.